The first-order valence-electron chi connectivity index (χ1n) is 6.63. The molecule has 1 aromatic heterocycles. The van der Waals surface area contributed by atoms with E-state index in [2.05, 4.69) is 43.2 Å². The van der Waals surface area contributed by atoms with Gasteiger partial charge in [-0.1, -0.05) is 32.9 Å². The van der Waals surface area contributed by atoms with E-state index in [-0.39, 0.29) is 17.4 Å². The van der Waals surface area contributed by atoms with E-state index in [1.807, 2.05) is 0 Å². The molecule has 0 bridgehead atoms. The van der Waals surface area contributed by atoms with Crippen LogP contribution in [-0.4, -0.2) is 35.9 Å². The van der Waals surface area contributed by atoms with Crippen LogP contribution in [0.3, 0.4) is 0 Å². The molecule has 5 nitrogen and oxygen atoms in total. The van der Waals surface area contributed by atoms with Crippen molar-refractivity contribution in [3.05, 3.63) is 11.7 Å². The molecule has 0 radical (unpaired) electrons. The monoisotopic (exact) mass is 253 g/mol. The second-order valence-corrected chi connectivity index (χ2v) is 6.09. The smallest absolute Gasteiger partial charge is 0.233 e. The van der Waals surface area contributed by atoms with Crippen LogP contribution in [0.1, 0.15) is 45.3 Å². The molecule has 5 heteroatoms. The van der Waals surface area contributed by atoms with Crippen LogP contribution in [0.4, 0.5) is 0 Å². The van der Waals surface area contributed by atoms with Crippen molar-refractivity contribution in [3.63, 3.8) is 0 Å². The third-order valence-electron chi connectivity index (χ3n) is 3.04. The predicted octanol–water partition coefficient (Wildman–Crippen LogP) is 1.75. The Morgan fingerprint density at radius 3 is 2.78 bits per heavy atom. The second-order valence-electron chi connectivity index (χ2n) is 6.09. The summed E-state index contributed by atoms with van der Waals surface area (Å²) in [5, 5.41) is 7.47. The third kappa shape index (κ3) is 3.29. The second kappa shape index (κ2) is 5.36. The van der Waals surface area contributed by atoms with E-state index in [0.717, 1.165) is 25.4 Å². The highest BCUT2D eigenvalue weighted by Crippen LogP contribution is 2.26. The van der Waals surface area contributed by atoms with E-state index in [4.69, 9.17) is 9.26 Å². The van der Waals surface area contributed by atoms with E-state index in [1.165, 1.54) is 0 Å². The molecule has 2 rings (SSSR count). The average molecular weight is 253 g/mol. The standard InChI is InChI=1S/C13H23N3O2/c1-5-14-10-8-17-7-9(10)12-15-11(16-18-12)6-13(2,3)4/h9-10,14H,5-8H2,1-4H3. The van der Waals surface area contributed by atoms with Crippen molar-refractivity contribution in [3.8, 4) is 0 Å². The maximum absolute atomic E-state index is 5.50. The van der Waals surface area contributed by atoms with E-state index >= 15 is 0 Å². The lowest BCUT2D eigenvalue weighted by atomic mass is 9.92. The van der Waals surface area contributed by atoms with E-state index in [9.17, 15) is 0 Å². The van der Waals surface area contributed by atoms with Gasteiger partial charge in [0.25, 0.3) is 0 Å². The lowest BCUT2D eigenvalue weighted by molar-refractivity contribution is 0.185. The molecule has 1 aromatic rings. The van der Waals surface area contributed by atoms with Gasteiger partial charge in [0, 0.05) is 12.5 Å². The SMILES string of the molecule is CCNC1COCC1c1nc(CC(C)(C)C)no1. The minimum atomic E-state index is 0.175. The number of nitrogens with one attached hydrogen (secondary N) is 1. The fourth-order valence-electron chi connectivity index (χ4n) is 2.23. The average Bonchev–Trinajstić information content (AvgIpc) is 2.84. The van der Waals surface area contributed by atoms with Gasteiger partial charge in [-0.15, -0.1) is 0 Å². The Kier molecular flexibility index (Phi) is 4.02. The van der Waals surface area contributed by atoms with Crippen LogP contribution in [-0.2, 0) is 11.2 Å². The van der Waals surface area contributed by atoms with Crippen molar-refractivity contribution in [2.75, 3.05) is 19.8 Å². The topological polar surface area (TPSA) is 60.2 Å². The molecule has 2 heterocycles. The Bertz CT molecular complexity index is 384. The van der Waals surface area contributed by atoms with Crippen LogP contribution in [0.2, 0.25) is 0 Å². The summed E-state index contributed by atoms with van der Waals surface area (Å²) in [5.41, 5.74) is 0.175. The Labute approximate surface area is 108 Å². The molecule has 0 aliphatic carbocycles. The molecular weight excluding hydrogens is 230 g/mol. The minimum absolute atomic E-state index is 0.175. The molecule has 1 fully saturated rings. The molecule has 1 aliphatic rings. The molecule has 1 aliphatic heterocycles. The first kappa shape index (κ1) is 13.5. The summed E-state index contributed by atoms with van der Waals surface area (Å²) < 4.78 is 10.9. The summed E-state index contributed by atoms with van der Waals surface area (Å²) in [6, 6.07) is 0.290. The zero-order valence-electron chi connectivity index (χ0n) is 11.7. The number of aromatic nitrogens is 2. The van der Waals surface area contributed by atoms with Crippen molar-refractivity contribution in [2.24, 2.45) is 5.41 Å². The van der Waals surface area contributed by atoms with E-state index in [1.54, 1.807) is 0 Å². The zero-order valence-corrected chi connectivity index (χ0v) is 11.7. The molecule has 102 valence electrons. The Morgan fingerprint density at radius 2 is 2.11 bits per heavy atom. The van der Waals surface area contributed by atoms with Gasteiger partial charge >= 0.3 is 0 Å². The van der Waals surface area contributed by atoms with Gasteiger partial charge in [-0.2, -0.15) is 4.98 Å². The largest absolute Gasteiger partial charge is 0.379 e. The summed E-state index contributed by atoms with van der Waals surface area (Å²) in [7, 11) is 0. The first-order chi connectivity index (χ1) is 8.49. The van der Waals surface area contributed by atoms with Crippen molar-refractivity contribution in [1.29, 1.82) is 0 Å². The van der Waals surface area contributed by atoms with Gasteiger partial charge in [-0.3, -0.25) is 0 Å². The summed E-state index contributed by atoms with van der Waals surface area (Å²) >= 11 is 0. The van der Waals surface area contributed by atoms with Gasteiger partial charge in [0.15, 0.2) is 5.82 Å². The normalized spacial score (nSPS) is 24.7. The van der Waals surface area contributed by atoms with Crippen molar-refractivity contribution < 1.29 is 9.26 Å². The quantitative estimate of drug-likeness (QED) is 0.886. The summed E-state index contributed by atoms with van der Waals surface area (Å²) in [6.45, 7) is 10.9. The van der Waals surface area contributed by atoms with Crippen LogP contribution in [0.25, 0.3) is 0 Å². The highest BCUT2D eigenvalue weighted by atomic mass is 16.5. The number of hydrogen-bond acceptors (Lipinski definition) is 5. The van der Waals surface area contributed by atoms with Crippen LogP contribution in [0, 0.1) is 5.41 Å². The van der Waals surface area contributed by atoms with Crippen LogP contribution in [0.15, 0.2) is 4.52 Å². The van der Waals surface area contributed by atoms with Gasteiger partial charge < -0.3 is 14.6 Å². The molecule has 2 unspecified atom stereocenters. The Morgan fingerprint density at radius 1 is 1.33 bits per heavy atom. The Balaban J connectivity index is 2.05. The predicted molar refractivity (Wildman–Crippen MR) is 68.5 cm³/mol. The van der Waals surface area contributed by atoms with Gasteiger partial charge in [0.1, 0.15) is 0 Å². The summed E-state index contributed by atoms with van der Waals surface area (Å²) in [5.74, 6) is 1.68. The summed E-state index contributed by atoms with van der Waals surface area (Å²) in [6.07, 6.45) is 0.829. The molecule has 1 N–H and O–H groups in total. The van der Waals surface area contributed by atoms with Crippen LogP contribution in [0.5, 0.6) is 0 Å². The highest BCUT2D eigenvalue weighted by molar-refractivity contribution is 5.03. The van der Waals surface area contributed by atoms with Crippen molar-refractivity contribution >= 4 is 0 Å². The lowest BCUT2D eigenvalue weighted by Crippen LogP contribution is -2.34. The van der Waals surface area contributed by atoms with Crippen molar-refractivity contribution in [2.45, 2.75) is 46.1 Å². The van der Waals surface area contributed by atoms with Gasteiger partial charge in [-0.05, 0) is 12.0 Å². The summed E-state index contributed by atoms with van der Waals surface area (Å²) in [4.78, 5) is 4.51. The molecule has 1 saturated heterocycles. The van der Waals surface area contributed by atoms with Crippen LogP contribution >= 0.6 is 0 Å². The minimum Gasteiger partial charge on any atom is -0.379 e. The third-order valence-corrected chi connectivity index (χ3v) is 3.04. The number of rotatable bonds is 4. The number of ether oxygens (including phenoxy) is 1. The lowest BCUT2D eigenvalue weighted by Gasteiger charge is -2.15. The number of nitrogens with zero attached hydrogens (tertiary/aromatic N) is 2. The fraction of sp³-hybridized carbons (Fsp3) is 0.846. The first-order valence-corrected chi connectivity index (χ1v) is 6.63. The van der Waals surface area contributed by atoms with Crippen LogP contribution < -0.4 is 5.32 Å². The molecule has 0 spiro atoms. The zero-order chi connectivity index (χ0) is 13.2. The molecule has 0 aromatic carbocycles. The molecule has 0 amide bonds. The molecule has 2 atom stereocenters. The van der Waals surface area contributed by atoms with Gasteiger partial charge in [0.05, 0.1) is 19.1 Å². The van der Waals surface area contributed by atoms with E-state index < -0.39 is 0 Å². The van der Waals surface area contributed by atoms with E-state index in [0.29, 0.717) is 12.5 Å². The molecule has 0 saturated carbocycles. The Hall–Kier alpha value is -0.940. The molecule has 18 heavy (non-hydrogen) atoms. The maximum atomic E-state index is 5.50. The number of hydrogen-bond donors (Lipinski definition) is 1. The van der Waals surface area contributed by atoms with Gasteiger partial charge in [0.2, 0.25) is 5.89 Å². The number of likely N-dealkylation sites (N-methyl/N-ethyl adjacent to an activating group) is 1. The van der Waals surface area contributed by atoms with Crippen molar-refractivity contribution in [1.82, 2.24) is 15.5 Å². The molecular formula is C13H23N3O2. The highest BCUT2D eigenvalue weighted by Gasteiger charge is 2.33. The maximum Gasteiger partial charge on any atom is 0.233 e. The fourth-order valence-corrected chi connectivity index (χ4v) is 2.23. The van der Waals surface area contributed by atoms with Gasteiger partial charge in [-0.25, -0.2) is 0 Å².